The highest BCUT2D eigenvalue weighted by Gasteiger charge is 2.18. The van der Waals surface area contributed by atoms with Crippen molar-refractivity contribution in [3.05, 3.63) is 76.5 Å². The highest BCUT2D eigenvalue weighted by molar-refractivity contribution is 6.09. The van der Waals surface area contributed by atoms with Gasteiger partial charge in [-0.15, -0.1) is 0 Å². The molecule has 1 fully saturated rings. The molecular formula is C27H29N5O. The molecule has 33 heavy (non-hydrogen) atoms. The van der Waals surface area contributed by atoms with E-state index in [4.69, 9.17) is 5.73 Å². The van der Waals surface area contributed by atoms with Crippen molar-refractivity contribution in [1.82, 2.24) is 20.2 Å². The molecular weight excluding hydrogens is 410 g/mol. The lowest BCUT2D eigenvalue weighted by Gasteiger charge is -2.27. The number of anilines is 1. The number of benzene rings is 2. The van der Waals surface area contributed by atoms with E-state index in [-0.39, 0.29) is 5.91 Å². The topological polar surface area (TPSA) is 84.1 Å². The quantitative estimate of drug-likeness (QED) is 0.473. The number of hydrogen-bond acceptors (Lipinski definition) is 5. The van der Waals surface area contributed by atoms with Crippen LogP contribution in [0.25, 0.3) is 21.8 Å². The molecule has 6 heteroatoms. The summed E-state index contributed by atoms with van der Waals surface area (Å²) in [6.07, 6.45) is 3.55. The van der Waals surface area contributed by atoms with Gasteiger partial charge in [0, 0.05) is 48.7 Å². The standard InChI is InChI=1S/C27H29N5O/c1-17-3-8-22-23(15-17)31-26(28)25-24(22)20(9-10-30-25)6-4-19-5-7-21(16-18(19)2)27(33)32-13-11-29-12-14-32/h3,5,7-10,15-16,29H,4,6,11-14H2,1-2H3,(H2,28,31). The van der Waals surface area contributed by atoms with Gasteiger partial charge in [0.25, 0.3) is 5.91 Å². The maximum absolute atomic E-state index is 12.8. The first-order valence-corrected chi connectivity index (χ1v) is 11.5. The van der Waals surface area contributed by atoms with Gasteiger partial charge in [-0.25, -0.2) is 4.98 Å². The number of nitrogen functional groups attached to an aromatic ring is 1. The molecule has 0 atom stereocenters. The molecule has 2 aromatic carbocycles. The average molecular weight is 440 g/mol. The van der Waals surface area contributed by atoms with E-state index in [0.717, 1.165) is 77.5 Å². The minimum atomic E-state index is 0.121. The van der Waals surface area contributed by atoms with Gasteiger partial charge in [-0.2, -0.15) is 0 Å². The second-order valence-corrected chi connectivity index (χ2v) is 8.89. The lowest BCUT2D eigenvalue weighted by Crippen LogP contribution is -2.46. The molecule has 6 nitrogen and oxygen atoms in total. The maximum Gasteiger partial charge on any atom is 0.253 e. The third kappa shape index (κ3) is 4.14. The van der Waals surface area contributed by atoms with Crippen molar-refractivity contribution in [1.29, 1.82) is 0 Å². The zero-order valence-electron chi connectivity index (χ0n) is 19.2. The zero-order valence-corrected chi connectivity index (χ0v) is 19.2. The second-order valence-electron chi connectivity index (χ2n) is 8.89. The predicted octanol–water partition coefficient (Wildman–Crippen LogP) is 3.81. The molecule has 1 saturated heterocycles. The molecule has 1 aliphatic heterocycles. The number of pyridine rings is 2. The van der Waals surface area contributed by atoms with E-state index in [1.807, 2.05) is 23.2 Å². The molecule has 0 spiro atoms. The molecule has 2 aromatic heterocycles. The predicted molar refractivity (Wildman–Crippen MR) is 134 cm³/mol. The lowest BCUT2D eigenvalue weighted by atomic mass is 9.95. The summed E-state index contributed by atoms with van der Waals surface area (Å²) in [5, 5.41) is 5.46. The molecule has 4 aromatic rings. The van der Waals surface area contributed by atoms with Crippen LogP contribution in [0.15, 0.2) is 48.7 Å². The third-order valence-corrected chi connectivity index (χ3v) is 6.60. The number of nitrogens with zero attached hydrogens (tertiary/aromatic N) is 3. The third-order valence-electron chi connectivity index (χ3n) is 6.60. The van der Waals surface area contributed by atoms with Crippen LogP contribution in [0.1, 0.15) is 32.6 Å². The normalized spacial score (nSPS) is 14.2. The SMILES string of the molecule is Cc1ccc2c(c1)nc(N)c1nccc(CCc3ccc(C(=O)N4CCNCC4)cc3C)c12. The minimum absolute atomic E-state index is 0.121. The van der Waals surface area contributed by atoms with Gasteiger partial charge >= 0.3 is 0 Å². The fourth-order valence-corrected chi connectivity index (χ4v) is 4.76. The zero-order chi connectivity index (χ0) is 22.9. The molecule has 1 amide bonds. The van der Waals surface area contributed by atoms with E-state index in [1.165, 1.54) is 11.1 Å². The number of rotatable bonds is 4. The number of carbonyl (C=O) groups excluding carboxylic acids is 1. The highest BCUT2D eigenvalue weighted by atomic mass is 16.2. The van der Waals surface area contributed by atoms with Crippen LogP contribution in [0.4, 0.5) is 5.82 Å². The molecule has 0 aliphatic carbocycles. The van der Waals surface area contributed by atoms with Gasteiger partial charge in [-0.3, -0.25) is 9.78 Å². The Morgan fingerprint density at radius 2 is 1.82 bits per heavy atom. The van der Waals surface area contributed by atoms with Crippen LogP contribution in [0.2, 0.25) is 0 Å². The van der Waals surface area contributed by atoms with Crippen molar-refractivity contribution < 1.29 is 4.79 Å². The Morgan fingerprint density at radius 3 is 2.61 bits per heavy atom. The summed E-state index contributed by atoms with van der Waals surface area (Å²) in [7, 11) is 0. The Hall–Kier alpha value is -3.51. The number of carbonyl (C=O) groups is 1. The van der Waals surface area contributed by atoms with Crippen LogP contribution in [-0.2, 0) is 12.8 Å². The first-order valence-electron chi connectivity index (χ1n) is 11.5. The molecule has 168 valence electrons. The fourth-order valence-electron chi connectivity index (χ4n) is 4.76. The van der Waals surface area contributed by atoms with Gasteiger partial charge in [-0.05, 0) is 73.2 Å². The largest absolute Gasteiger partial charge is 0.382 e. The van der Waals surface area contributed by atoms with Gasteiger partial charge in [0.15, 0.2) is 5.82 Å². The van der Waals surface area contributed by atoms with Crippen molar-refractivity contribution in [2.45, 2.75) is 26.7 Å². The summed E-state index contributed by atoms with van der Waals surface area (Å²) >= 11 is 0. The van der Waals surface area contributed by atoms with E-state index >= 15 is 0 Å². The van der Waals surface area contributed by atoms with E-state index in [9.17, 15) is 4.79 Å². The summed E-state index contributed by atoms with van der Waals surface area (Å²) in [4.78, 5) is 23.9. The van der Waals surface area contributed by atoms with Gasteiger partial charge in [0.05, 0.1) is 5.52 Å². The van der Waals surface area contributed by atoms with E-state index in [0.29, 0.717) is 5.82 Å². The summed E-state index contributed by atoms with van der Waals surface area (Å²) in [5.41, 5.74) is 13.5. The van der Waals surface area contributed by atoms with Crippen molar-refractivity contribution in [3.8, 4) is 0 Å². The first kappa shape index (κ1) is 21.3. The monoisotopic (exact) mass is 439 g/mol. The Balaban J connectivity index is 1.43. The number of amides is 1. The van der Waals surface area contributed by atoms with E-state index in [2.05, 4.69) is 59.5 Å². The molecule has 0 saturated carbocycles. The van der Waals surface area contributed by atoms with Crippen molar-refractivity contribution in [3.63, 3.8) is 0 Å². The van der Waals surface area contributed by atoms with Gasteiger partial charge in [0.2, 0.25) is 0 Å². The van der Waals surface area contributed by atoms with Gasteiger partial charge in [-0.1, -0.05) is 18.2 Å². The van der Waals surface area contributed by atoms with Crippen molar-refractivity contribution >= 4 is 33.5 Å². The molecule has 0 unspecified atom stereocenters. The fraction of sp³-hybridized carbons (Fsp3) is 0.296. The number of nitrogens with one attached hydrogen (secondary N) is 1. The molecule has 0 bridgehead atoms. The van der Waals surface area contributed by atoms with Crippen LogP contribution in [0.5, 0.6) is 0 Å². The second kappa shape index (κ2) is 8.79. The van der Waals surface area contributed by atoms with E-state index in [1.54, 1.807) is 0 Å². The molecule has 1 aliphatic rings. The highest BCUT2D eigenvalue weighted by Crippen LogP contribution is 2.30. The van der Waals surface area contributed by atoms with Crippen LogP contribution in [0.3, 0.4) is 0 Å². The molecule has 3 N–H and O–H groups in total. The number of fused-ring (bicyclic) bond motifs is 3. The first-order chi connectivity index (χ1) is 16.0. The van der Waals surface area contributed by atoms with Gasteiger partial charge < -0.3 is 16.0 Å². The van der Waals surface area contributed by atoms with Crippen LogP contribution in [-0.4, -0.2) is 47.0 Å². The Labute approximate surface area is 193 Å². The minimum Gasteiger partial charge on any atom is -0.382 e. The number of aryl methyl sites for hydroxylation is 4. The Morgan fingerprint density at radius 1 is 1.03 bits per heavy atom. The lowest BCUT2D eigenvalue weighted by molar-refractivity contribution is 0.0735. The van der Waals surface area contributed by atoms with E-state index < -0.39 is 0 Å². The molecule has 0 radical (unpaired) electrons. The summed E-state index contributed by atoms with van der Waals surface area (Å²) in [6, 6.07) is 14.5. The molecule has 5 rings (SSSR count). The molecule has 3 heterocycles. The van der Waals surface area contributed by atoms with Crippen molar-refractivity contribution in [2.24, 2.45) is 0 Å². The van der Waals surface area contributed by atoms with Crippen LogP contribution < -0.4 is 11.1 Å². The summed E-state index contributed by atoms with van der Waals surface area (Å²) < 4.78 is 0. The Kier molecular flexibility index (Phi) is 5.68. The van der Waals surface area contributed by atoms with Crippen LogP contribution >= 0.6 is 0 Å². The van der Waals surface area contributed by atoms with Crippen LogP contribution in [0, 0.1) is 13.8 Å². The smallest absolute Gasteiger partial charge is 0.253 e. The van der Waals surface area contributed by atoms with Gasteiger partial charge in [0.1, 0.15) is 5.52 Å². The maximum atomic E-state index is 12.8. The number of piperazine rings is 1. The van der Waals surface area contributed by atoms with Crippen molar-refractivity contribution in [2.75, 3.05) is 31.9 Å². The number of nitrogens with two attached hydrogens (primary N) is 1. The summed E-state index contributed by atoms with van der Waals surface area (Å²) in [5.74, 6) is 0.591. The number of aromatic nitrogens is 2. The Bertz CT molecular complexity index is 1360. The number of hydrogen-bond donors (Lipinski definition) is 2. The average Bonchev–Trinajstić information content (AvgIpc) is 2.83. The summed E-state index contributed by atoms with van der Waals surface area (Å²) in [6.45, 7) is 7.40.